The molecule has 27 heavy (non-hydrogen) atoms. The highest BCUT2D eigenvalue weighted by Crippen LogP contribution is 2.60. The van der Waals surface area contributed by atoms with E-state index in [-0.39, 0.29) is 35.5 Å². The van der Waals surface area contributed by atoms with Crippen LogP contribution >= 0.6 is 0 Å². The third-order valence-electron chi connectivity index (χ3n) is 6.59. The van der Waals surface area contributed by atoms with Crippen molar-refractivity contribution >= 4 is 11.8 Å². The maximum atomic E-state index is 13.0. The molecule has 2 saturated carbocycles. The fourth-order valence-corrected chi connectivity index (χ4v) is 5.55. The number of benzene rings is 1. The first-order chi connectivity index (χ1) is 13.0. The number of hydrogen-bond acceptors (Lipinski definition) is 4. The number of amides is 2. The summed E-state index contributed by atoms with van der Waals surface area (Å²) < 4.78 is 10.6. The summed E-state index contributed by atoms with van der Waals surface area (Å²) in [6, 6.07) is 5.73. The van der Waals surface area contributed by atoms with Crippen molar-refractivity contribution in [2.45, 2.75) is 33.1 Å². The summed E-state index contributed by atoms with van der Waals surface area (Å²) in [7, 11) is 3.21. The van der Waals surface area contributed by atoms with E-state index in [0.717, 1.165) is 18.4 Å². The van der Waals surface area contributed by atoms with Crippen molar-refractivity contribution in [3.63, 3.8) is 0 Å². The van der Waals surface area contributed by atoms with Crippen molar-refractivity contribution in [1.29, 1.82) is 0 Å². The largest absolute Gasteiger partial charge is 0.493 e. The van der Waals surface area contributed by atoms with Crippen LogP contribution in [0, 0.1) is 23.7 Å². The molecular formula is C22H27NO4. The molecule has 1 aliphatic heterocycles. The summed E-state index contributed by atoms with van der Waals surface area (Å²) in [6.45, 7) is 4.67. The summed E-state index contributed by atoms with van der Waals surface area (Å²) in [5, 5.41) is 0. The van der Waals surface area contributed by atoms with Gasteiger partial charge in [0.25, 0.3) is 0 Å². The number of hydrogen-bond donors (Lipinski definition) is 0. The van der Waals surface area contributed by atoms with Gasteiger partial charge >= 0.3 is 0 Å². The highest BCUT2D eigenvalue weighted by molar-refractivity contribution is 6.06. The van der Waals surface area contributed by atoms with Crippen molar-refractivity contribution in [3.05, 3.63) is 34.9 Å². The first-order valence-corrected chi connectivity index (χ1v) is 9.71. The highest BCUT2D eigenvalue weighted by atomic mass is 16.5. The number of allylic oxidation sites excluding steroid dienone is 2. The summed E-state index contributed by atoms with van der Waals surface area (Å²) >= 11 is 0. The van der Waals surface area contributed by atoms with E-state index in [1.54, 1.807) is 14.2 Å². The normalized spacial score (nSPS) is 28.7. The second-order valence-corrected chi connectivity index (χ2v) is 8.06. The fraction of sp³-hybridized carbons (Fsp3) is 0.545. The second kappa shape index (κ2) is 6.70. The molecule has 0 N–H and O–H groups in total. The Morgan fingerprint density at radius 1 is 1.00 bits per heavy atom. The standard InChI is InChI=1S/C22H27NO4/c1-12(2)18-14-6-7-15(18)20-19(14)21(24)23(22(20)25)10-9-13-5-8-16(26-3)17(11-13)27-4/h5,8,11,14-15,19-20H,6-7,9-10H2,1-4H3/t14-,15-,19-,20-/m0/s1. The molecule has 1 heterocycles. The zero-order valence-electron chi connectivity index (χ0n) is 16.5. The number of methoxy groups -OCH3 is 2. The second-order valence-electron chi connectivity index (χ2n) is 8.06. The predicted octanol–water partition coefficient (Wildman–Crippen LogP) is 3.22. The van der Waals surface area contributed by atoms with E-state index in [2.05, 4.69) is 13.8 Å². The Kier molecular flexibility index (Phi) is 4.49. The van der Waals surface area contributed by atoms with E-state index in [1.807, 2.05) is 18.2 Å². The summed E-state index contributed by atoms with van der Waals surface area (Å²) in [5.41, 5.74) is 3.72. The molecule has 0 aromatic heterocycles. The Morgan fingerprint density at radius 2 is 1.59 bits per heavy atom. The molecule has 1 aromatic carbocycles. The third-order valence-corrected chi connectivity index (χ3v) is 6.59. The smallest absolute Gasteiger partial charge is 0.233 e. The van der Waals surface area contributed by atoms with Crippen LogP contribution in [0.25, 0.3) is 0 Å². The van der Waals surface area contributed by atoms with Crippen LogP contribution in [0.1, 0.15) is 32.3 Å². The van der Waals surface area contributed by atoms with Crippen LogP contribution in [0.2, 0.25) is 0 Å². The number of ether oxygens (including phenoxy) is 2. The lowest BCUT2D eigenvalue weighted by Gasteiger charge is -2.19. The molecule has 0 unspecified atom stereocenters. The van der Waals surface area contributed by atoms with E-state index in [1.165, 1.54) is 16.0 Å². The van der Waals surface area contributed by atoms with Gasteiger partial charge in [0.15, 0.2) is 11.5 Å². The quantitative estimate of drug-likeness (QED) is 0.591. The van der Waals surface area contributed by atoms with Crippen molar-refractivity contribution in [2.75, 3.05) is 20.8 Å². The van der Waals surface area contributed by atoms with Crippen molar-refractivity contribution in [1.82, 2.24) is 4.90 Å². The van der Waals surface area contributed by atoms with Gasteiger partial charge in [0.1, 0.15) is 0 Å². The lowest BCUT2D eigenvalue weighted by molar-refractivity contribution is -0.140. The average Bonchev–Trinajstić information content (AvgIpc) is 3.30. The number of likely N-dealkylation sites (tertiary alicyclic amines) is 1. The van der Waals surface area contributed by atoms with Crippen molar-refractivity contribution in [3.8, 4) is 11.5 Å². The van der Waals surface area contributed by atoms with Crippen LogP contribution in [0.3, 0.4) is 0 Å². The fourth-order valence-electron chi connectivity index (χ4n) is 5.55. The van der Waals surface area contributed by atoms with Gasteiger partial charge in [-0.1, -0.05) is 17.2 Å². The van der Waals surface area contributed by atoms with Gasteiger partial charge in [-0.3, -0.25) is 14.5 Å². The van der Waals surface area contributed by atoms with E-state index in [9.17, 15) is 9.59 Å². The van der Waals surface area contributed by atoms with Gasteiger partial charge in [-0.25, -0.2) is 0 Å². The van der Waals surface area contributed by atoms with Crippen LogP contribution < -0.4 is 9.47 Å². The number of carbonyl (C=O) groups is 2. The molecule has 0 radical (unpaired) electrons. The molecule has 3 fully saturated rings. The minimum atomic E-state index is -0.119. The first-order valence-electron chi connectivity index (χ1n) is 9.71. The van der Waals surface area contributed by atoms with Gasteiger partial charge in [-0.2, -0.15) is 0 Å². The van der Waals surface area contributed by atoms with Gasteiger partial charge in [0.05, 0.1) is 26.1 Å². The number of nitrogens with zero attached hydrogens (tertiary/aromatic N) is 1. The molecule has 5 heteroatoms. The lowest BCUT2D eigenvalue weighted by Crippen LogP contribution is -2.35. The molecule has 1 aromatic rings. The van der Waals surface area contributed by atoms with Gasteiger partial charge in [-0.15, -0.1) is 0 Å². The topological polar surface area (TPSA) is 55.8 Å². The monoisotopic (exact) mass is 369 g/mol. The predicted molar refractivity (Wildman–Crippen MR) is 102 cm³/mol. The molecule has 4 rings (SSSR count). The van der Waals surface area contributed by atoms with Crippen LogP contribution in [0.4, 0.5) is 0 Å². The van der Waals surface area contributed by atoms with Crippen LogP contribution in [0.15, 0.2) is 29.3 Å². The highest BCUT2D eigenvalue weighted by Gasteiger charge is 2.63. The Labute approximate surface area is 160 Å². The molecule has 3 aliphatic rings. The number of imide groups is 1. The Bertz CT molecular complexity index is 792. The summed E-state index contributed by atoms with van der Waals surface area (Å²) in [4.78, 5) is 27.6. The Balaban J connectivity index is 1.50. The zero-order valence-corrected chi connectivity index (χ0v) is 16.5. The Hall–Kier alpha value is -2.30. The minimum Gasteiger partial charge on any atom is -0.493 e. The molecule has 0 spiro atoms. The molecular weight excluding hydrogens is 342 g/mol. The van der Waals surface area contributed by atoms with Gasteiger partial charge in [-0.05, 0) is 62.6 Å². The zero-order chi connectivity index (χ0) is 19.3. The molecule has 144 valence electrons. The maximum absolute atomic E-state index is 13.0. The number of carbonyl (C=O) groups excluding carboxylic acids is 2. The van der Waals surface area contributed by atoms with Crippen molar-refractivity contribution < 1.29 is 19.1 Å². The van der Waals surface area contributed by atoms with Gasteiger partial charge in [0, 0.05) is 6.54 Å². The molecule has 5 nitrogen and oxygen atoms in total. The van der Waals surface area contributed by atoms with E-state index in [0.29, 0.717) is 24.5 Å². The minimum absolute atomic E-state index is 0.0384. The van der Waals surface area contributed by atoms with Crippen LogP contribution in [-0.2, 0) is 16.0 Å². The SMILES string of the molecule is COc1ccc(CCN2C(=O)[C@@H]3[C@@H](C2=O)[C@H]2CC[C@H]3C2=C(C)C)cc1OC. The summed E-state index contributed by atoms with van der Waals surface area (Å²) in [6.07, 6.45) is 2.73. The number of fused-ring (bicyclic) bond motifs is 5. The van der Waals surface area contributed by atoms with Gasteiger partial charge < -0.3 is 9.47 Å². The maximum Gasteiger partial charge on any atom is 0.233 e. The first kappa shape index (κ1) is 18.1. The molecule has 2 aliphatic carbocycles. The molecule has 2 bridgehead atoms. The van der Waals surface area contributed by atoms with Crippen LogP contribution in [0.5, 0.6) is 11.5 Å². The van der Waals surface area contributed by atoms with E-state index in [4.69, 9.17) is 9.47 Å². The Morgan fingerprint density at radius 3 is 2.11 bits per heavy atom. The molecule has 1 saturated heterocycles. The van der Waals surface area contributed by atoms with E-state index < -0.39 is 0 Å². The van der Waals surface area contributed by atoms with Crippen molar-refractivity contribution in [2.24, 2.45) is 23.7 Å². The molecule has 4 atom stereocenters. The lowest BCUT2D eigenvalue weighted by atomic mass is 9.81. The third kappa shape index (κ3) is 2.67. The molecule has 2 amide bonds. The van der Waals surface area contributed by atoms with Crippen LogP contribution in [-0.4, -0.2) is 37.5 Å². The number of rotatable bonds is 5. The average molecular weight is 369 g/mol. The summed E-state index contributed by atoms with van der Waals surface area (Å²) in [5.74, 6) is 1.75. The van der Waals surface area contributed by atoms with Gasteiger partial charge in [0.2, 0.25) is 11.8 Å². The van der Waals surface area contributed by atoms with E-state index >= 15 is 0 Å².